The maximum absolute atomic E-state index is 6.05. The molecule has 3 rings (SSSR count). The Morgan fingerprint density at radius 3 is 2.74 bits per heavy atom. The maximum Gasteiger partial charge on any atom is 0.0569 e. The fourth-order valence-corrected chi connectivity index (χ4v) is 3.95. The second-order valence-corrected chi connectivity index (χ2v) is 6.05. The van der Waals surface area contributed by atoms with E-state index in [4.69, 9.17) is 5.73 Å². The molecule has 1 aliphatic rings. The zero-order chi connectivity index (χ0) is 13.1. The molecule has 0 radical (unpaired) electrons. The molecule has 2 nitrogen and oxygen atoms in total. The summed E-state index contributed by atoms with van der Waals surface area (Å²) in [4.78, 5) is 3.98. The van der Waals surface area contributed by atoms with Gasteiger partial charge in [-0.2, -0.15) is 0 Å². The first-order chi connectivity index (χ1) is 9.40. The first-order valence-corrected chi connectivity index (χ1v) is 7.82. The highest BCUT2D eigenvalue weighted by atomic mass is 32.1. The van der Waals surface area contributed by atoms with E-state index in [9.17, 15) is 0 Å². The molecular weight excluding hydrogens is 252 g/mol. The van der Waals surface area contributed by atoms with Crippen LogP contribution in [-0.4, -0.2) is 18.0 Å². The molecule has 3 heteroatoms. The third-order valence-corrected chi connectivity index (χ3v) is 4.95. The Bertz CT molecular complexity index is 495. The molecule has 2 unspecified atom stereocenters. The minimum atomic E-state index is 0.368. The summed E-state index contributed by atoms with van der Waals surface area (Å²) in [6, 6.07) is 16.1. The first-order valence-electron chi connectivity index (χ1n) is 6.94. The zero-order valence-electron chi connectivity index (χ0n) is 11.0. The van der Waals surface area contributed by atoms with Crippen LogP contribution in [0, 0.1) is 0 Å². The molecular formula is C16H20N2S. The minimum Gasteiger partial charge on any atom is -0.329 e. The number of nitrogens with zero attached hydrogens (tertiary/aromatic N) is 1. The number of hydrogen-bond donors (Lipinski definition) is 1. The molecule has 1 aromatic carbocycles. The van der Waals surface area contributed by atoms with Gasteiger partial charge in [0.15, 0.2) is 0 Å². The van der Waals surface area contributed by atoms with Crippen LogP contribution in [0.1, 0.15) is 35.4 Å². The van der Waals surface area contributed by atoms with Crippen LogP contribution in [0.5, 0.6) is 0 Å². The van der Waals surface area contributed by atoms with Crippen LogP contribution in [0.25, 0.3) is 0 Å². The van der Waals surface area contributed by atoms with Crippen molar-refractivity contribution in [2.45, 2.75) is 24.9 Å². The van der Waals surface area contributed by atoms with Gasteiger partial charge in [-0.25, -0.2) is 0 Å². The van der Waals surface area contributed by atoms with Gasteiger partial charge in [-0.3, -0.25) is 4.90 Å². The molecule has 100 valence electrons. The summed E-state index contributed by atoms with van der Waals surface area (Å²) in [5.41, 5.74) is 7.48. The Balaban J connectivity index is 1.86. The highest BCUT2D eigenvalue weighted by molar-refractivity contribution is 7.10. The highest BCUT2D eigenvalue weighted by Gasteiger charge is 2.32. The average molecular weight is 272 g/mol. The van der Waals surface area contributed by atoms with Crippen LogP contribution in [0.2, 0.25) is 0 Å². The molecule has 1 saturated heterocycles. The number of rotatable bonds is 4. The van der Waals surface area contributed by atoms with Gasteiger partial charge in [-0.15, -0.1) is 11.3 Å². The number of hydrogen-bond acceptors (Lipinski definition) is 3. The molecule has 0 aliphatic carbocycles. The molecule has 1 aliphatic heterocycles. The number of likely N-dealkylation sites (tertiary alicyclic amines) is 1. The second-order valence-electron chi connectivity index (χ2n) is 5.07. The lowest BCUT2D eigenvalue weighted by atomic mass is 10.0. The van der Waals surface area contributed by atoms with Crippen molar-refractivity contribution in [2.24, 2.45) is 5.73 Å². The van der Waals surface area contributed by atoms with Crippen molar-refractivity contribution >= 4 is 11.3 Å². The lowest BCUT2D eigenvalue weighted by Gasteiger charge is -2.32. The van der Waals surface area contributed by atoms with E-state index < -0.39 is 0 Å². The predicted molar refractivity (Wildman–Crippen MR) is 81.2 cm³/mol. The fourth-order valence-electron chi connectivity index (χ4n) is 3.09. The van der Waals surface area contributed by atoms with Crippen molar-refractivity contribution in [2.75, 3.05) is 13.1 Å². The van der Waals surface area contributed by atoms with Gasteiger partial charge in [0.25, 0.3) is 0 Å². The molecule has 0 saturated carbocycles. The Hall–Kier alpha value is -1.16. The minimum absolute atomic E-state index is 0.368. The van der Waals surface area contributed by atoms with E-state index in [-0.39, 0.29) is 0 Å². The number of nitrogens with two attached hydrogens (primary N) is 1. The summed E-state index contributed by atoms with van der Waals surface area (Å²) in [7, 11) is 0. The molecule has 2 N–H and O–H groups in total. The quantitative estimate of drug-likeness (QED) is 0.921. The summed E-state index contributed by atoms with van der Waals surface area (Å²) < 4.78 is 0. The average Bonchev–Trinajstić information content (AvgIpc) is 3.12. The standard InChI is InChI=1S/C16H20N2S/c17-12-15(16-9-5-11-19-16)18-10-4-8-14(18)13-6-2-1-3-7-13/h1-3,5-7,9,11,14-15H,4,8,10,12,17H2. The third kappa shape index (κ3) is 2.59. The molecule has 1 aromatic heterocycles. The van der Waals surface area contributed by atoms with Gasteiger partial charge in [-0.05, 0) is 36.4 Å². The molecule has 0 spiro atoms. The predicted octanol–water partition coefficient (Wildman–Crippen LogP) is 3.59. The molecule has 0 bridgehead atoms. The molecule has 19 heavy (non-hydrogen) atoms. The molecule has 2 aromatic rings. The summed E-state index contributed by atoms with van der Waals surface area (Å²) in [5, 5.41) is 2.14. The fraction of sp³-hybridized carbons (Fsp3) is 0.375. The molecule has 2 atom stereocenters. The summed E-state index contributed by atoms with van der Waals surface area (Å²) in [6.07, 6.45) is 2.51. The van der Waals surface area contributed by atoms with Crippen molar-refractivity contribution < 1.29 is 0 Å². The molecule has 1 fully saturated rings. The zero-order valence-corrected chi connectivity index (χ0v) is 11.9. The van der Waals surface area contributed by atoms with Crippen molar-refractivity contribution in [1.29, 1.82) is 0 Å². The van der Waals surface area contributed by atoms with E-state index in [0.29, 0.717) is 18.6 Å². The Kier molecular flexibility index (Phi) is 3.97. The lowest BCUT2D eigenvalue weighted by molar-refractivity contribution is 0.188. The molecule has 0 amide bonds. The third-order valence-electron chi connectivity index (χ3n) is 3.97. The first kappa shape index (κ1) is 12.9. The van der Waals surface area contributed by atoms with Crippen molar-refractivity contribution in [3.8, 4) is 0 Å². The topological polar surface area (TPSA) is 29.3 Å². The summed E-state index contributed by atoms with van der Waals surface area (Å²) >= 11 is 1.82. The van der Waals surface area contributed by atoms with Gasteiger partial charge in [0.2, 0.25) is 0 Å². The van der Waals surface area contributed by atoms with E-state index in [0.717, 1.165) is 6.54 Å². The van der Waals surface area contributed by atoms with Crippen molar-refractivity contribution in [1.82, 2.24) is 4.90 Å². The van der Waals surface area contributed by atoms with Crippen LogP contribution in [0.4, 0.5) is 0 Å². The van der Waals surface area contributed by atoms with Crippen molar-refractivity contribution in [3.63, 3.8) is 0 Å². The van der Waals surface area contributed by atoms with E-state index in [1.165, 1.54) is 23.3 Å². The van der Waals surface area contributed by atoms with Crippen LogP contribution in [-0.2, 0) is 0 Å². The Morgan fingerprint density at radius 2 is 2.05 bits per heavy atom. The van der Waals surface area contributed by atoms with Gasteiger partial charge in [0, 0.05) is 17.5 Å². The Labute approximate surface area is 118 Å². The monoisotopic (exact) mass is 272 g/mol. The number of benzene rings is 1. The van der Waals surface area contributed by atoms with Crippen LogP contribution < -0.4 is 5.73 Å². The van der Waals surface area contributed by atoms with E-state index >= 15 is 0 Å². The van der Waals surface area contributed by atoms with Gasteiger partial charge >= 0.3 is 0 Å². The van der Waals surface area contributed by atoms with Crippen LogP contribution >= 0.6 is 11.3 Å². The smallest absolute Gasteiger partial charge is 0.0569 e. The largest absolute Gasteiger partial charge is 0.329 e. The maximum atomic E-state index is 6.05. The normalized spacial score (nSPS) is 21.6. The van der Waals surface area contributed by atoms with E-state index in [1.807, 2.05) is 11.3 Å². The summed E-state index contributed by atoms with van der Waals surface area (Å²) in [5.74, 6) is 0. The van der Waals surface area contributed by atoms with Gasteiger partial charge < -0.3 is 5.73 Å². The molecule has 2 heterocycles. The van der Waals surface area contributed by atoms with Gasteiger partial charge in [-0.1, -0.05) is 36.4 Å². The second kappa shape index (κ2) is 5.87. The van der Waals surface area contributed by atoms with Crippen LogP contribution in [0.3, 0.4) is 0 Å². The highest BCUT2D eigenvalue weighted by Crippen LogP contribution is 2.39. The van der Waals surface area contributed by atoms with Crippen LogP contribution in [0.15, 0.2) is 47.8 Å². The van der Waals surface area contributed by atoms with Gasteiger partial charge in [0.1, 0.15) is 0 Å². The number of thiophene rings is 1. The van der Waals surface area contributed by atoms with Crippen molar-refractivity contribution in [3.05, 3.63) is 58.3 Å². The van der Waals surface area contributed by atoms with E-state index in [2.05, 4.69) is 52.7 Å². The van der Waals surface area contributed by atoms with E-state index in [1.54, 1.807) is 0 Å². The van der Waals surface area contributed by atoms with Gasteiger partial charge in [0.05, 0.1) is 6.04 Å². The lowest BCUT2D eigenvalue weighted by Crippen LogP contribution is -2.32. The Morgan fingerprint density at radius 1 is 1.21 bits per heavy atom. The SMILES string of the molecule is NCC(c1cccs1)N1CCCC1c1ccccc1. The summed E-state index contributed by atoms with van der Waals surface area (Å²) in [6.45, 7) is 1.85.